The lowest BCUT2D eigenvalue weighted by molar-refractivity contribution is -0.124. The molecule has 6 rings (SSSR count). The molecular formula is C33H40N6O5. The van der Waals surface area contributed by atoms with Crippen LogP contribution in [0.3, 0.4) is 0 Å². The third-order valence-corrected chi connectivity index (χ3v) is 9.06. The first kappa shape index (κ1) is 30.0. The summed E-state index contributed by atoms with van der Waals surface area (Å²) in [6.45, 7) is 6.33. The lowest BCUT2D eigenvalue weighted by atomic mass is 9.91. The van der Waals surface area contributed by atoms with E-state index < -0.39 is 6.04 Å². The SMILES string of the molecule is COc1cc2nc(C)ccc2cc1-c1cnc([C@H](COCCCC(=O)c2cc(C)on2)NC(=O)[C@H]2CC23CCN(C)CC3)[nH]1. The van der Waals surface area contributed by atoms with Crippen LogP contribution in [0.2, 0.25) is 0 Å². The second-order valence-corrected chi connectivity index (χ2v) is 12.3. The molecule has 232 valence electrons. The largest absolute Gasteiger partial charge is 0.496 e. The van der Waals surface area contributed by atoms with Gasteiger partial charge in [0.05, 0.1) is 31.1 Å². The van der Waals surface area contributed by atoms with Crippen molar-refractivity contribution < 1.29 is 23.6 Å². The Hall–Kier alpha value is -4.09. The normalized spacial score (nSPS) is 18.4. The molecule has 44 heavy (non-hydrogen) atoms. The molecule has 1 amide bonds. The van der Waals surface area contributed by atoms with Crippen LogP contribution in [0.4, 0.5) is 0 Å². The van der Waals surface area contributed by atoms with Gasteiger partial charge in [0.15, 0.2) is 5.78 Å². The van der Waals surface area contributed by atoms with Crippen LogP contribution in [0.5, 0.6) is 5.75 Å². The van der Waals surface area contributed by atoms with Crippen LogP contribution < -0.4 is 10.1 Å². The predicted molar refractivity (Wildman–Crippen MR) is 164 cm³/mol. The Kier molecular flexibility index (Phi) is 8.50. The number of fused-ring (bicyclic) bond motifs is 1. The molecule has 1 spiro atoms. The van der Waals surface area contributed by atoms with E-state index in [0.29, 0.717) is 42.5 Å². The number of piperidine rings is 1. The maximum Gasteiger partial charge on any atom is 0.224 e. The summed E-state index contributed by atoms with van der Waals surface area (Å²) in [5.74, 6) is 1.85. The highest BCUT2D eigenvalue weighted by Gasteiger charge is 2.58. The second-order valence-electron chi connectivity index (χ2n) is 12.3. The van der Waals surface area contributed by atoms with Gasteiger partial charge in [-0.25, -0.2) is 4.98 Å². The molecular weight excluding hydrogens is 560 g/mol. The number of nitrogens with zero attached hydrogens (tertiary/aromatic N) is 4. The molecule has 3 aromatic heterocycles. The van der Waals surface area contributed by atoms with Crippen LogP contribution in [-0.2, 0) is 9.53 Å². The second kappa shape index (κ2) is 12.5. The van der Waals surface area contributed by atoms with Crippen molar-refractivity contribution in [1.29, 1.82) is 0 Å². The number of ketones is 1. The van der Waals surface area contributed by atoms with Gasteiger partial charge in [0.1, 0.15) is 29.1 Å². The van der Waals surface area contributed by atoms with E-state index >= 15 is 0 Å². The number of imidazole rings is 1. The van der Waals surface area contributed by atoms with Crippen molar-refractivity contribution in [3.63, 3.8) is 0 Å². The number of hydrogen-bond acceptors (Lipinski definition) is 9. The molecule has 4 heterocycles. The Bertz CT molecular complexity index is 1650. The molecule has 4 aromatic rings. The third-order valence-electron chi connectivity index (χ3n) is 9.06. The summed E-state index contributed by atoms with van der Waals surface area (Å²) in [5.41, 5.74) is 3.85. The summed E-state index contributed by atoms with van der Waals surface area (Å²) in [7, 11) is 3.77. The van der Waals surface area contributed by atoms with Crippen molar-refractivity contribution in [2.24, 2.45) is 11.3 Å². The summed E-state index contributed by atoms with van der Waals surface area (Å²) in [6, 6.07) is 9.14. The fraction of sp³-hybridized carbons (Fsp3) is 0.485. The van der Waals surface area contributed by atoms with Gasteiger partial charge in [0.2, 0.25) is 5.91 Å². The number of Topliss-reactive ketones (excluding diaryl/α,β-unsaturated/α-hetero) is 1. The lowest BCUT2D eigenvalue weighted by Gasteiger charge is -2.30. The number of nitrogens with one attached hydrogen (secondary N) is 2. The van der Waals surface area contributed by atoms with Gasteiger partial charge in [-0.1, -0.05) is 11.2 Å². The Labute approximate surface area is 256 Å². The number of likely N-dealkylation sites (tertiary alicyclic amines) is 1. The quantitative estimate of drug-likeness (QED) is 0.173. The van der Waals surface area contributed by atoms with Crippen LogP contribution in [0.1, 0.15) is 65.9 Å². The first-order valence-electron chi connectivity index (χ1n) is 15.3. The topological polar surface area (TPSA) is 135 Å². The maximum absolute atomic E-state index is 13.5. The van der Waals surface area contributed by atoms with Crippen LogP contribution >= 0.6 is 0 Å². The third kappa shape index (κ3) is 6.39. The number of pyridine rings is 1. The van der Waals surface area contributed by atoms with Gasteiger partial charge in [-0.2, -0.15) is 0 Å². The van der Waals surface area contributed by atoms with E-state index in [1.165, 1.54) is 0 Å². The molecule has 11 nitrogen and oxygen atoms in total. The van der Waals surface area contributed by atoms with Gasteiger partial charge in [-0.15, -0.1) is 0 Å². The van der Waals surface area contributed by atoms with Crippen molar-refractivity contribution >= 4 is 22.6 Å². The van der Waals surface area contributed by atoms with Crippen molar-refractivity contribution in [2.75, 3.05) is 40.5 Å². The molecule has 2 atom stereocenters. The lowest BCUT2D eigenvalue weighted by Crippen LogP contribution is -2.37. The fourth-order valence-electron chi connectivity index (χ4n) is 6.24. The highest BCUT2D eigenvalue weighted by Crippen LogP contribution is 2.59. The molecule has 2 fully saturated rings. The minimum atomic E-state index is -0.482. The molecule has 0 unspecified atom stereocenters. The molecule has 1 aromatic carbocycles. The van der Waals surface area contributed by atoms with E-state index in [-0.39, 0.29) is 29.6 Å². The molecule has 1 aliphatic carbocycles. The van der Waals surface area contributed by atoms with Crippen molar-refractivity contribution in [1.82, 2.24) is 30.3 Å². The number of hydrogen-bond donors (Lipinski definition) is 2. The van der Waals surface area contributed by atoms with Crippen LogP contribution in [0.25, 0.3) is 22.2 Å². The molecule has 0 radical (unpaired) electrons. The van der Waals surface area contributed by atoms with Gasteiger partial charge in [0.25, 0.3) is 0 Å². The highest BCUT2D eigenvalue weighted by molar-refractivity contribution is 5.94. The van der Waals surface area contributed by atoms with Crippen LogP contribution in [0, 0.1) is 25.2 Å². The molecule has 0 bridgehead atoms. The number of amides is 1. The Morgan fingerprint density at radius 1 is 1.20 bits per heavy atom. The number of carbonyl (C=O) groups excluding carboxylic acids is 2. The molecule has 1 aliphatic heterocycles. The minimum absolute atomic E-state index is 0.00760. The number of aromatic amines is 1. The average Bonchev–Trinajstić information content (AvgIpc) is 3.30. The molecule has 1 saturated carbocycles. The highest BCUT2D eigenvalue weighted by atomic mass is 16.5. The zero-order valence-corrected chi connectivity index (χ0v) is 25.8. The zero-order valence-electron chi connectivity index (χ0n) is 25.8. The summed E-state index contributed by atoms with van der Waals surface area (Å²) >= 11 is 0. The predicted octanol–water partition coefficient (Wildman–Crippen LogP) is 4.81. The standard InChI is InChI=1S/C33H40N6O5/c1-20-7-8-22-15-23(30(42-4)16-25(22)35-20)27-18-34-31(36-27)28(19-43-13-5-6-29(40)26-14-21(2)44-38-26)37-32(41)24-17-33(24)9-11-39(3)12-10-33/h7-8,14-16,18,24,28H,5-6,9-13,17,19H2,1-4H3,(H,34,36)(H,37,41)/t24-,28+/m1/s1. The van der Waals surface area contributed by atoms with Gasteiger partial charge in [0, 0.05) is 47.7 Å². The molecule has 2 N–H and O–H groups in total. The number of rotatable bonds is 12. The van der Waals surface area contributed by atoms with Crippen molar-refractivity contribution in [3.05, 3.63) is 59.5 Å². The number of aromatic nitrogens is 4. The number of benzene rings is 1. The number of ether oxygens (including phenoxy) is 2. The summed E-state index contributed by atoms with van der Waals surface area (Å²) < 4.78 is 16.7. The first-order valence-corrected chi connectivity index (χ1v) is 15.3. The van der Waals surface area contributed by atoms with E-state index in [9.17, 15) is 9.59 Å². The van der Waals surface area contributed by atoms with E-state index in [1.807, 2.05) is 31.2 Å². The van der Waals surface area contributed by atoms with Crippen LogP contribution in [0.15, 0.2) is 41.1 Å². The van der Waals surface area contributed by atoms with Crippen LogP contribution in [-0.4, -0.2) is 77.2 Å². The molecule has 2 aliphatic rings. The van der Waals surface area contributed by atoms with E-state index in [1.54, 1.807) is 26.3 Å². The number of methoxy groups -OCH3 is 1. The Morgan fingerprint density at radius 3 is 2.77 bits per heavy atom. The van der Waals surface area contributed by atoms with E-state index in [2.05, 4.69) is 37.4 Å². The average molecular weight is 601 g/mol. The zero-order chi connectivity index (χ0) is 30.8. The van der Waals surface area contributed by atoms with Crippen molar-refractivity contribution in [2.45, 2.75) is 52.0 Å². The maximum atomic E-state index is 13.5. The van der Waals surface area contributed by atoms with Crippen molar-refractivity contribution in [3.8, 4) is 17.0 Å². The van der Waals surface area contributed by atoms with Gasteiger partial charge < -0.3 is 29.2 Å². The fourth-order valence-corrected chi connectivity index (χ4v) is 6.24. The summed E-state index contributed by atoms with van der Waals surface area (Å²) in [6.07, 6.45) is 5.59. The van der Waals surface area contributed by atoms with Gasteiger partial charge in [-0.3, -0.25) is 14.6 Å². The van der Waals surface area contributed by atoms with Gasteiger partial charge in [-0.05, 0) is 77.2 Å². The Balaban J connectivity index is 1.16. The van der Waals surface area contributed by atoms with Gasteiger partial charge >= 0.3 is 0 Å². The first-order chi connectivity index (χ1) is 21.2. The Morgan fingerprint density at radius 2 is 2.02 bits per heavy atom. The van der Waals surface area contributed by atoms with E-state index in [4.69, 9.17) is 14.0 Å². The number of carbonyl (C=O) groups is 2. The monoisotopic (exact) mass is 600 g/mol. The molecule has 1 saturated heterocycles. The number of H-pyrrole nitrogens is 1. The summed E-state index contributed by atoms with van der Waals surface area (Å²) in [5, 5.41) is 8.02. The smallest absolute Gasteiger partial charge is 0.224 e. The molecule has 11 heteroatoms. The van der Waals surface area contributed by atoms with E-state index in [0.717, 1.165) is 60.2 Å². The minimum Gasteiger partial charge on any atom is -0.496 e. The summed E-state index contributed by atoms with van der Waals surface area (Å²) in [4.78, 5) is 41.0. The number of aryl methyl sites for hydroxylation is 2.